The van der Waals surface area contributed by atoms with Crippen molar-refractivity contribution in [2.75, 3.05) is 21.0 Å². The fourth-order valence-electron chi connectivity index (χ4n) is 4.54. The van der Waals surface area contributed by atoms with Gasteiger partial charge in [0.05, 0.1) is 25.2 Å². The van der Waals surface area contributed by atoms with Crippen molar-refractivity contribution in [3.8, 4) is 28.7 Å². The number of benzene rings is 3. The molecule has 4 aromatic rings. The third-order valence-corrected chi connectivity index (χ3v) is 6.35. The number of carbonyl (C=O) groups is 1. The van der Waals surface area contributed by atoms with E-state index in [0.717, 1.165) is 0 Å². The van der Waals surface area contributed by atoms with Crippen LogP contribution in [0.4, 0.5) is 4.39 Å². The molecular weight excluding hydrogens is 497 g/mol. The lowest BCUT2D eigenvalue weighted by Gasteiger charge is -2.22. The summed E-state index contributed by atoms with van der Waals surface area (Å²) in [6.45, 7) is 0.0590. The highest BCUT2D eigenvalue weighted by atomic mass is 19.1. The average molecular weight is 521 g/mol. The lowest BCUT2D eigenvalue weighted by atomic mass is 9.86. The smallest absolute Gasteiger partial charge is 0.343 e. The van der Waals surface area contributed by atoms with Crippen LogP contribution in [0.15, 0.2) is 63.8 Å². The molecule has 2 N–H and O–H groups in total. The number of methoxy groups -OCH3 is 2. The summed E-state index contributed by atoms with van der Waals surface area (Å²) >= 11 is 0. The number of para-hydroxylation sites is 1. The van der Waals surface area contributed by atoms with Gasteiger partial charge >= 0.3 is 5.63 Å². The number of halogens is 1. The van der Waals surface area contributed by atoms with Crippen LogP contribution in [0.5, 0.6) is 28.7 Å². The Hall–Kier alpha value is -4.73. The standard InChI is InChI=1S/C28H24FNO8/c1-34-21-11-19(25(35-2)27-26(21)36-14-37-27)18(12-22(31)30-13-15-7-9-16(29)10-8-15)23-24(32)17-5-3-4-6-20(17)38-28(23)33/h3-11,18,32H,12-14H2,1-2H3,(H,30,31)/t18-/m1/s1. The summed E-state index contributed by atoms with van der Waals surface area (Å²) in [5, 5.41) is 14.3. The van der Waals surface area contributed by atoms with E-state index in [1.807, 2.05) is 0 Å². The van der Waals surface area contributed by atoms with Gasteiger partial charge < -0.3 is 33.8 Å². The maximum absolute atomic E-state index is 13.3. The largest absolute Gasteiger partial charge is 0.507 e. The van der Waals surface area contributed by atoms with Gasteiger partial charge in [-0.25, -0.2) is 9.18 Å². The van der Waals surface area contributed by atoms with Gasteiger partial charge in [-0.15, -0.1) is 0 Å². The zero-order chi connectivity index (χ0) is 26.8. The molecule has 1 aliphatic heterocycles. The van der Waals surface area contributed by atoms with Gasteiger partial charge in [-0.3, -0.25) is 4.79 Å². The van der Waals surface area contributed by atoms with Crippen molar-refractivity contribution in [2.24, 2.45) is 0 Å². The highest BCUT2D eigenvalue weighted by Crippen LogP contribution is 2.53. The highest BCUT2D eigenvalue weighted by Gasteiger charge is 2.35. The second kappa shape index (κ2) is 10.3. The van der Waals surface area contributed by atoms with Crippen molar-refractivity contribution in [1.82, 2.24) is 5.32 Å². The van der Waals surface area contributed by atoms with Gasteiger partial charge in [0.1, 0.15) is 17.1 Å². The molecule has 0 saturated carbocycles. The number of nitrogens with one attached hydrogen (secondary N) is 1. The lowest BCUT2D eigenvalue weighted by molar-refractivity contribution is -0.121. The Morgan fingerprint density at radius 2 is 1.82 bits per heavy atom. The van der Waals surface area contributed by atoms with Crippen molar-refractivity contribution >= 4 is 16.9 Å². The third kappa shape index (κ3) is 4.56. The number of hydrogen-bond donors (Lipinski definition) is 2. The Labute approximate surface area is 216 Å². The summed E-state index contributed by atoms with van der Waals surface area (Å²) in [6, 6.07) is 13.8. The van der Waals surface area contributed by atoms with Gasteiger partial charge in [0.2, 0.25) is 24.2 Å². The molecule has 1 aromatic heterocycles. The zero-order valence-corrected chi connectivity index (χ0v) is 20.6. The number of hydrogen-bond acceptors (Lipinski definition) is 8. The van der Waals surface area contributed by atoms with Crippen LogP contribution in [0.2, 0.25) is 0 Å². The van der Waals surface area contributed by atoms with Crippen LogP contribution in [0.3, 0.4) is 0 Å². The summed E-state index contributed by atoms with van der Waals surface area (Å²) in [4.78, 5) is 26.4. The normalized spacial score (nSPS) is 12.8. The van der Waals surface area contributed by atoms with Crippen LogP contribution in [-0.2, 0) is 11.3 Å². The molecule has 0 bridgehead atoms. The number of carbonyl (C=O) groups excluding carboxylic acids is 1. The van der Waals surface area contributed by atoms with Crippen LogP contribution in [-0.4, -0.2) is 32.0 Å². The molecule has 0 saturated heterocycles. The molecule has 5 rings (SSSR count). The summed E-state index contributed by atoms with van der Waals surface area (Å²) in [5.74, 6) is -1.07. The van der Waals surface area contributed by atoms with Crippen molar-refractivity contribution in [3.63, 3.8) is 0 Å². The van der Waals surface area contributed by atoms with Crippen molar-refractivity contribution < 1.29 is 37.7 Å². The molecule has 196 valence electrons. The lowest BCUT2D eigenvalue weighted by Crippen LogP contribution is -2.27. The molecule has 1 aliphatic rings. The van der Waals surface area contributed by atoms with E-state index >= 15 is 0 Å². The number of ether oxygens (including phenoxy) is 4. The zero-order valence-electron chi connectivity index (χ0n) is 20.6. The first-order valence-electron chi connectivity index (χ1n) is 11.7. The number of rotatable bonds is 8. The third-order valence-electron chi connectivity index (χ3n) is 6.35. The van der Waals surface area contributed by atoms with Crippen molar-refractivity contribution in [1.29, 1.82) is 0 Å². The van der Waals surface area contributed by atoms with E-state index in [-0.39, 0.29) is 54.0 Å². The van der Waals surface area contributed by atoms with E-state index in [4.69, 9.17) is 23.4 Å². The highest BCUT2D eigenvalue weighted by molar-refractivity contribution is 5.85. The molecular formula is C28H24FNO8. The summed E-state index contributed by atoms with van der Waals surface area (Å²) in [7, 11) is 2.86. The number of fused-ring (bicyclic) bond motifs is 2. The van der Waals surface area contributed by atoms with Crippen LogP contribution in [0.25, 0.3) is 11.0 Å². The van der Waals surface area contributed by atoms with E-state index in [2.05, 4.69) is 5.32 Å². The molecule has 1 atom stereocenters. The van der Waals surface area contributed by atoms with Gasteiger partial charge in [-0.2, -0.15) is 0 Å². The molecule has 9 nitrogen and oxygen atoms in total. The Bertz CT molecular complexity index is 1560. The first-order valence-corrected chi connectivity index (χ1v) is 11.7. The van der Waals surface area contributed by atoms with Crippen LogP contribution >= 0.6 is 0 Å². The molecule has 0 radical (unpaired) electrons. The molecule has 3 aromatic carbocycles. The minimum absolute atomic E-state index is 0.0717. The predicted octanol–water partition coefficient (Wildman–Crippen LogP) is 4.22. The van der Waals surface area contributed by atoms with E-state index in [9.17, 15) is 19.1 Å². The predicted molar refractivity (Wildman–Crippen MR) is 135 cm³/mol. The van der Waals surface area contributed by atoms with Crippen LogP contribution < -0.4 is 29.9 Å². The minimum Gasteiger partial charge on any atom is -0.507 e. The van der Waals surface area contributed by atoms with Gasteiger partial charge in [-0.05, 0) is 35.9 Å². The second-order valence-electron chi connectivity index (χ2n) is 8.57. The van der Waals surface area contributed by atoms with E-state index in [1.165, 1.54) is 26.4 Å². The SMILES string of the molecule is COc1cc([C@@H](CC(=O)NCc2ccc(F)cc2)c2c(O)c3ccccc3oc2=O)c(OC)c2c1OCO2. The molecule has 38 heavy (non-hydrogen) atoms. The molecule has 0 unspecified atom stereocenters. The maximum atomic E-state index is 13.3. The Morgan fingerprint density at radius 1 is 1.08 bits per heavy atom. The monoisotopic (exact) mass is 521 g/mol. The van der Waals surface area contributed by atoms with Gasteiger partial charge in [0, 0.05) is 24.4 Å². The molecule has 0 spiro atoms. The van der Waals surface area contributed by atoms with E-state index in [1.54, 1.807) is 42.5 Å². The number of amides is 1. The Kier molecular flexibility index (Phi) is 6.78. The molecule has 10 heteroatoms. The summed E-state index contributed by atoms with van der Waals surface area (Å²) in [5.41, 5.74) is 0.305. The van der Waals surface area contributed by atoms with E-state index in [0.29, 0.717) is 28.0 Å². The van der Waals surface area contributed by atoms with Gasteiger partial charge in [0.25, 0.3) is 0 Å². The van der Waals surface area contributed by atoms with Crippen LogP contribution in [0.1, 0.15) is 29.0 Å². The molecule has 2 heterocycles. The second-order valence-corrected chi connectivity index (χ2v) is 8.57. The van der Waals surface area contributed by atoms with Gasteiger partial charge in [-0.1, -0.05) is 24.3 Å². The van der Waals surface area contributed by atoms with Crippen molar-refractivity contribution in [3.05, 3.63) is 87.5 Å². The first-order chi connectivity index (χ1) is 18.4. The average Bonchev–Trinajstić information content (AvgIpc) is 3.41. The fourth-order valence-corrected chi connectivity index (χ4v) is 4.54. The fraction of sp³-hybridized carbons (Fsp3) is 0.214. The minimum atomic E-state index is -1.03. The van der Waals surface area contributed by atoms with Crippen LogP contribution in [0, 0.1) is 5.82 Å². The van der Waals surface area contributed by atoms with Gasteiger partial charge in [0.15, 0.2) is 11.5 Å². The topological polar surface area (TPSA) is 116 Å². The Morgan fingerprint density at radius 3 is 2.55 bits per heavy atom. The number of aromatic hydroxyl groups is 1. The first kappa shape index (κ1) is 24.9. The maximum Gasteiger partial charge on any atom is 0.343 e. The van der Waals surface area contributed by atoms with E-state index < -0.39 is 17.5 Å². The summed E-state index contributed by atoms with van der Waals surface area (Å²) in [6.07, 6.45) is -0.267. The molecule has 1 amide bonds. The molecule has 0 fully saturated rings. The summed E-state index contributed by atoms with van der Waals surface area (Å²) < 4.78 is 41.0. The quantitative estimate of drug-likeness (QED) is 0.331. The van der Waals surface area contributed by atoms with Crippen molar-refractivity contribution in [2.45, 2.75) is 18.9 Å². The molecule has 0 aliphatic carbocycles. The Balaban J connectivity index is 1.61.